The van der Waals surface area contributed by atoms with E-state index in [9.17, 15) is 9.59 Å². The van der Waals surface area contributed by atoms with E-state index in [-0.39, 0.29) is 11.7 Å². The lowest BCUT2D eigenvalue weighted by Gasteiger charge is -2.05. The smallest absolute Gasteiger partial charge is 0.226 e. The molecule has 0 radical (unpaired) electrons. The Balaban J connectivity index is 1.27. The largest absolute Gasteiger partial charge is 0.497 e. The lowest BCUT2D eigenvalue weighted by molar-refractivity contribution is -0.116. The number of Topliss-reactive ketones (excluding diaryl/α,β-unsaturated/α-hetero) is 1. The van der Waals surface area contributed by atoms with Crippen LogP contribution in [0.2, 0.25) is 0 Å². The number of methoxy groups -OCH3 is 1. The van der Waals surface area contributed by atoms with Crippen molar-refractivity contribution in [2.45, 2.75) is 38.5 Å². The van der Waals surface area contributed by atoms with Crippen LogP contribution in [0.25, 0.3) is 11.4 Å². The van der Waals surface area contributed by atoms with Crippen LogP contribution in [0.1, 0.15) is 46.9 Å². The lowest BCUT2D eigenvalue weighted by atomic mass is 10.0. The molecule has 9 heteroatoms. The Labute approximate surface area is 171 Å². The van der Waals surface area contributed by atoms with Gasteiger partial charge in [0.15, 0.2) is 10.9 Å². The van der Waals surface area contributed by atoms with Crippen LogP contribution in [0.15, 0.2) is 28.8 Å². The molecule has 29 heavy (non-hydrogen) atoms. The molecule has 1 amide bonds. The van der Waals surface area contributed by atoms with E-state index in [1.54, 1.807) is 7.11 Å². The minimum absolute atomic E-state index is 0.119. The van der Waals surface area contributed by atoms with Crippen molar-refractivity contribution in [3.63, 3.8) is 0 Å². The number of anilines is 1. The third-order valence-electron chi connectivity index (χ3n) is 4.63. The van der Waals surface area contributed by atoms with Crippen LogP contribution in [-0.4, -0.2) is 33.9 Å². The third-order valence-corrected chi connectivity index (χ3v) is 5.68. The SMILES string of the molecule is COc1ccc(-c2noc(CCCC(=O)Nc3nc4c(s3)C(=O)CCC4)n2)cc1. The summed E-state index contributed by atoms with van der Waals surface area (Å²) >= 11 is 1.26. The zero-order chi connectivity index (χ0) is 20.2. The summed E-state index contributed by atoms with van der Waals surface area (Å²) in [5.74, 6) is 1.73. The molecule has 0 saturated heterocycles. The van der Waals surface area contributed by atoms with E-state index in [2.05, 4.69) is 20.4 Å². The van der Waals surface area contributed by atoms with E-state index in [0.717, 1.165) is 29.8 Å². The summed E-state index contributed by atoms with van der Waals surface area (Å²) < 4.78 is 10.4. The van der Waals surface area contributed by atoms with Crippen molar-refractivity contribution < 1.29 is 18.8 Å². The second-order valence-corrected chi connectivity index (χ2v) is 7.71. The predicted molar refractivity (Wildman–Crippen MR) is 107 cm³/mol. The normalized spacial score (nSPS) is 13.2. The number of carbonyl (C=O) groups excluding carboxylic acids is 2. The van der Waals surface area contributed by atoms with E-state index in [4.69, 9.17) is 9.26 Å². The first-order valence-electron chi connectivity index (χ1n) is 9.42. The molecule has 1 aliphatic carbocycles. The topological polar surface area (TPSA) is 107 Å². The average molecular weight is 412 g/mol. The Morgan fingerprint density at radius 2 is 2.07 bits per heavy atom. The number of nitrogens with one attached hydrogen (secondary N) is 1. The van der Waals surface area contributed by atoms with Crippen LogP contribution in [0.4, 0.5) is 5.13 Å². The van der Waals surface area contributed by atoms with Gasteiger partial charge in [-0.25, -0.2) is 4.98 Å². The van der Waals surface area contributed by atoms with Crippen molar-refractivity contribution in [1.82, 2.24) is 15.1 Å². The number of ether oxygens (including phenoxy) is 1. The molecule has 0 spiro atoms. The molecule has 1 aromatic carbocycles. The number of rotatable bonds is 7. The summed E-state index contributed by atoms with van der Waals surface area (Å²) in [5, 5.41) is 7.26. The van der Waals surface area contributed by atoms with Crippen molar-refractivity contribution in [3.05, 3.63) is 40.7 Å². The highest BCUT2D eigenvalue weighted by Gasteiger charge is 2.22. The molecule has 1 aliphatic rings. The minimum Gasteiger partial charge on any atom is -0.497 e. The summed E-state index contributed by atoms with van der Waals surface area (Å²) in [6.45, 7) is 0. The summed E-state index contributed by atoms with van der Waals surface area (Å²) in [6, 6.07) is 7.39. The second-order valence-electron chi connectivity index (χ2n) is 6.71. The molecule has 0 saturated carbocycles. The first-order chi connectivity index (χ1) is 14.1. The Hall–Kier alpha value is -3.07. The Morgan fingerprint density at radius 1 is 1.24 bits per heavy atom. The van der Waals surface area contributed by atoms with Gasteiger partial charge in [0.2, 0.25) is 17.6 Å². The molecule has 2 aromatic heterocycles. The zero-order valence-corrected chi connectivity index (χ0v) is 16.8. The molecule has 150 valence electrons. The number of benzene rings is 1. The number of hydrogen-bond acceptors (Lipinski definition) is 8. The molecule has 0 bridgehead atoms. The van der Waals surface area contributed by atoms with Gasteiger partial charge in [-0.2, -0.15) is 4.98 Å². The molecule has 4 rings (SSSR count). The number of ketones is 1. The summed E-state index contributed by atoms with van der Waals surface area (Å²) in [6.07, 6.45) is 3.56. The number of thiazole rings is 1. The van der Waals surface area contributed by atoms with Gasteiger partial charge in [0.25, 0.3) is 0 Å². The monoisotopic (exact) mass is 412 g/mol. The number of carbonyl (C=O) groups is 2. The van der Waals surface area contributed by atoms with Crippen LogP contribution in [0, 0.1) is 0 Å². The third kappa shape index (κ3) is 4.51. The number of fused-ring (bicyclic) bond motifs is 1. The lowest BCUT2D eigenvalue weighted by Crippen LogP contribution is -2.11. The van der Waals surface area contributed by atoms with Gasteiger partial charge < -0.3 is 14.6 Å². The first kappa shape index (κ1) is 19.3. The molecule has 0 atom stereocenters. The van der Waals surface area contributed by atoms with Crippen molar-refractivity contribution in [3.8, 4) is 17.1 Å². The minimum atomic E-state index is -0.140. The fourth-order valence-corrected chi connectivity index (χ4v) is 4.11. The van der Waals surface area contributed by atoms with Gasteiger partial charge in [-0.1, -0.05) is 16.5 Å². The molecule has 0 aliphatic heterocycles. The highest BCUT2D eigenvalue weighted by molar-refractivity contribution is 7.17. The number of amides is 1. The fourth-order valence-electron chi connectivity index (χ4n) is 3.12. The van der Waals surface area contributed by atoms with Gasteiger partial charge in [-0.15, -0.1) is 0 Å². The van der Waals surface area contributed by atoms with Gasteiger partial charge in [-0.05, 0) is 43.5 Å². The van der Waals surface area contributed by atoms with Gasteiger partial charge in [-0.3, -0.25) is 9.59 Å². The highest BCUT2D eigenvalue weighted by atomic mass is 32.1. The fraction of sp³-hybridized carbons (Fsp3) is 0.350. The maximum absolute atomic E-state index is 12.2. The predicted octanol–water partition coefficient (Wildman–Crippen LogP) is 3.68. The molecule has 3 aromatic rings. The van der Waals surface area contributed by atoms with Crippen LogP contribution >= 0.6 is 11.3 Å². The molecule has 0 fully saturated rings. The summed E-state index contributed by atoms with van der Waals surface area (Å²) in [4.78, 5) is 33.5. The quantitative estimate of drug-likeness (QED) is 0.631. The van der Waals surface area contributed by atoms with Crippen LogP contribution in [0.3, 0.4) is 0 Å². The Kier molecular flexibility index (Phi) is 5.66. The van der Waals surface area contributed by atoms with Gasteiger partial charge in [0.05, 0.1) is 17.7 Å². The standard InChI is InChI=1S/C20H20N4O4S/c1-27-13-10-8-12(9-11-13)19-23-17(28-24-19)7-3-6-16(26)22-20-21-14-4-2-5-15(25)18(14)29-20/h8-11H,2-7H2,1H3,(H,21,22,26). The summed E-state index contributed by atoms with van der Waals surface area (Å²) in [7, 11) is 1.61. The zero-order valence-electron chi connectivity index (χ0n) is 15.9. The van der Waals surface area contributed by atoms with E-state index in [1.165, 1.54) is 11.3 Å². The van der Waals surface area contributed by atoms with Crippen molar-refractivity contribution in [1.29, 1.82) is 0 Å². The number of hydrogen-bond donors (Lipinski definition) is 1. The maximum atomic E-state index is 12.2. The van der Waals surface area contributed by atoms with Crippen molar-refractivity contribution in [2.24, 2.45) is 0 Å². The first-order valence-corrected chi connectivity index (χ1v) is 10.2. The van der Waals surface area contributed by atoms with Crippen molar-refractivity contribution in [2.75, 3.05) is 12.4 Å². The number of aryl methyl sites for hydroxylation is 2. The van der Waals surface area contributed by atoms with Crippen molar-refractivity contribution >= 4 is 28.2 Å². The van der Waals surface area contributed by atoms with Crippen LogP contribution < -0.4 is 10.1 Å². The molecular formula is C20H20N4O4S. The van der Waals surface area contributed by atoms with E-state index < -0.39 is 0 Å². The van der Waals surface area contributed by atoms with E-state index in [1.807, 2.05) is 24.3 Å². The van der Waals surface area contributed by atoms with Crippen LogP contribution in [-0.2, 0) is 17.6 Å². The molecule has 2 heterocycles. The van der Waals surface area contributed by atoms with Gasteiger partial charge >= 0.3 is 0 Å². The number of nitrogens with zero attached hydrogens (tertiary/aromatic N) is 3. The van der Waals surface area contributed by atoms with Gasteiger partial charge in [0, 0.05) is 24.8 Å². The average Bonchev–Trinajstić information content (AvgIpc) is 3.36. The summed E-state index contributed by atoms with van der Waals surface area (Å²) in [5.41, 5.74) is 1.64. The molecule has 8 nitrogen and oxygen atoms in total. The Morgan fingerprint density at radius 3 is 2.83 bits per heavy atom. The Bertz CT molecular complexity index is 1030. The highest BCUT2D eigenvalue weighted by Crippen LogP contribution is 2.29. The van der Waals surface area contributed by atoms with E-state index >= 15 is 0 Å². The number of aromatic nitrogens is 3. The van der Waals surface area contributed by atoms with E-state index in [0.29, 0.717) is 47.4 Å². The molecular weight excluding hydrogens is 392 g/mol. The molecule has 1 N–H and O–H groups in total. The van der Waals surface area contributed by atoms with Crippen LogP contribution in [0.5, 0.6) is 5.75 Å². The molecule has 0 unspecified atom stereocenters. The van der Waals surface area contributed by atoms with Gasteiger partial charge in [0.1, 0.15) is 5.75 Å². The second kappa shape index (κ2) is 8.52. The maximum Gasteiger partial charge on any atom is 0.226 e.